The molecule has 2 aliphatic rings. The number of alkyl halides is 2. The van der Waals surface area contributed by atoms with E-state index in [1.807, 2.05) is 18.2 Å². The summed E-state index contributed by atoms with van der Waals surface area (Å²) in [6.45, 7) is 2.88. The van der Waals surface area contributed by atoms with Crippen LogP contribution in [-0.4, -0.2) is 60.9 Å². The molecule has 1 aromatic carbocycles. The minimum absolute atomic E-state index is 0.159. The van der Waals surface area contributed by atoms with Crippen LogP contribution >= 0.6 is 0 Å². The number of nitrogens with one attached hydrogen (secondary N) is 1. The Balaban J connectivity index is 1.42. The van der Waals surface area contributed by atoms with E-state index >= 15 is 0 Å². The summed E-state index contributed by atoms with van der Waals surface area (Å²) in [7, 11) is 2.12. The highest BCUT2D eigenvalue weighted by Gasteiger charge is 2.43. The van der Waals surface area contributed by atoms with Crippen molar-refractivity contribution in [2.45, 2.75) is 37.8 Å². The summed E-state index contributed by atoms with van der Waals surface area (Å²) in [4.78, 5) is 16.5. The highest BCUT2D eigenvalue weighted by molar-refractivity contribution is 5.82. The fourth-order valence-electron chi connectivity index (χ4n) is 3.85. The lowest BCUT2D eigenvalue weighted by Crippen LogP contribution is -2.47. The molecule has 0 aliphatic carbocycles. The molecular formula is C19H27F2N3O. The van der Waals surface area contributed by atoms with E-state index in [0.717, 1.165) is 25.9 Å². The second-order valence-corrected chi connectivity index (χ2v) is 7.44. The molecule has 2 fully saturated rings. The van der Waals surface area contributed by atoms with Crippen LogP contribution in [0.25, 0.3) is 0 Å². The quantitative estimate of drug-likeness (QED) is 0.885. The van der Waals surface area contributed by atoms with Crippen LogP contribution in [0.4, 0.5) is 8.78 Å². The average Bonchev–Trinajstić information content (AvgIpc) is 2.96. The molecule has 2 aliphatic heterocycles. The lowest BCUT2D eigenvalue weighted by atomic mass is 9.95. The van der Waals surface area contributed by atoms with Crippen LogP contribution in [0.2, 0.25) is 0 Å². The molecule has 1 unspecified atom stereocenters. The Bertz CT molecular complexity index is 573. The van der Waals surface area contributed by atoms with Crippen molar-refractivity contribution in [2.24, 2.45) is 5.92 Å². The lowest BCUT2D eigenvalue weighted by Gasteiger charge is -2.35. The number of hydrogen-bond acceptors (Lipinski definition) is 3. The van der Waals surface area contributed by atoms with Crippen molar-refractivity contribution in [1.29, 1.82) is 0 Å². The first-order valence-electron chi connectivity index (χ1n) is 9.05. The number of carbonyl (C=O) groups excluding carboxylic acids is 1. The van der Waals surface area contributed by atoms with Gasteiger partial charge in [0.2, 0.25) is 5.91 Å². The van der Waals surface area contributed by atoms with Crippen LogP contribution in [0, 0.1) is 5.92 Å². The topological polar surface area (TPSA) is 35.6 Å². The highest BCUT2D eigenvalue weighted by atomic mass is 19.3. The predicted octanol–water partition coefficient (Wildman–Crippen LogP) is 2.35. The maximum atomic E-state index is 13.3. The first-order valence-corrected chi connectivity index (χ1v) is 9.05. The molecule has 0 aromatic heterocycles. The maximum Gasteiger partial charge on any atom is 0.262 e. The third kappa shape index (κ3) is 4.98. The fourth-order valence-corrected chi connectivity index (χ4v) is 3.85. The van der Waals surface area contributed by atoms with Crippen LogP contribution in [0.1, 0.15) is 24.8 Å². The third-order valence-electron chi connectivity index (χ3n) is 5.20. The van der Waals surface area contributed by atoms with Gasteiger partial charge < -0.3 is 9.80 Å². The Morgan fingerprint density at radius 3 is 2.56 bits per heavy atom. The molecule has 1 atom stereocenters. The van der Waals surface area contributed by atoms with Gasteiger partial charge in [0.25, 0.3) is 5.92 Å². The van der Waals surface area contributed by atoms with Crippen molar-refractivity contribution in [3.05, 3.63) is 35.9 Å². The van der Waals surface area contributed by atoms with Crippen molar-refractivity contribution in [2.75, 3.05) is 33.2 Å². The van der Waals surface area contributed by atoms with E-state index in [0.29, 0.717) is 19.0 Å². The summed E-state index contributed by atoms with van der Waals surface area (Å²) in [6.07, 6.45) is 1.51. The molecule has 2 saturated heterocycles. The summed E-state index contributed by atoms with van der Waals surface area (Å²) in [6, 6.07) is 9.66. The van der Waals surface area contributed by atoms with Crippen molar-refractivity contribution >= 4 is 5.91 Å². The largest absolute Gasteiger partial charge is 0.341 e. The van der Waals surface area contributed by atoms with Gasteiger partial charge in [-0.15, -0.1) is 0 Å². The van der Waals surface area contributed by atoms with E-state index in [-0.39, 0.29) is 18.9 Å². The molecule has 1 aromatic rings. The zero-order valence-corrected chi connectivity index (χ0v) is 14.8. The zero-order valence-electron chi connectivity index (χ0n) is 14.8. The number of benzene rings is 1. The van der Waals surface area contributed by atoms with Gasteiger partial charge in [-0.3, -0.25) is 10.1 Å². The maximum absolute atomic E-state index is 13.3. The Hall–Kier alpha value is -1.53. The molecule has 0 saturated carbocycles. The number of hydrogen-bond donors (Lipinski definition) is 1. The molecule has 2 heterocycles. The van der Waals surface area contributed by atoms with E-state index in [9.17, 15) is 13.6 Å². The molecule has 0 bridgehead atoms. The smallest absolute Gasteiger partial charge is 0.262 e. The molecule has 138 valence electrons. The van der Waals surface area contributed by atoms with Crippen LogP contribution in [-0.2, 0) is 11.3 Å². The number of amides is 1. The number of halogens is 2. The first-order chi connectivity index (χ1) is 11.9. The molecule has 25 heavy (non-hydrogen) atoms. The van der Waals surface area contributed by atoms with Crippen molar-refractivity contribution < 1.29 is 13.6 Å². The Morgan fingerprint density at radius 2 is 1.96 bits per heavy atom. The monoisotopic (exact) mass is 351 g/mol. The molecule has 3 rings (SSSR count). The Morgan fingerprint density at radius 1 is 1.28 bits per heavy atom. The second-order valence-electron chi connectivity index (χ2n) is 7.44. The molecular weight excluding hydrogens is 324 g/mol. The SMILES string of the molecule is CN(Cc1ccccc1)CC1CCN(C(=O)C2CC(F)(F)CN2)CC1. The van der Waals surface area contributed by atoms with Gasteiger partial charge in [0.05, 0.1) is 12.6 Å². The van der Waals surface area contributed by atoms with E-state index in [2.05, 4.69) is 29.4 Å². The van der Waals surface area contributed by atoms with Gasteiger partial charge in [0.1, 0.15) is 0 Å². The van der Waals surface area contributed by atoms with E-state index in [1.165, 1.54) is 5.56 Å². The van der Waals surface area contributed by atoms with Gasteiger partial charge in [-0.2, -0.15) is 0 Å². The molecule has 0 spiro atoms. The number of likely N-dealkylation sites (tertiary alicyclic amines) is 1. The summed E-state index contributed by atoms with van der Waals surface area (Å²) in [5.74, 6) is -2.36. The van der Waals surface area contributed by atoms with Gasteiger partial charge in [-0.1, -0.05) is 30.3 Å². The summed E-state index contributed by atoms with van der Waals surface area (Å²) < 4.78 is 26.5. The van der Waals surface area contributed by atoms with Crippen molar-refractivity contribution in [3.63, 3.8) is 0 Å². The molecule has 4 nitrogen and oxygen atoms in total. The van der Waals surface area contributed by atoms with Gasteiger partial charge >= 0.3 is 0 Å². The van der Waals surface area contributed by atoms with Crippen LogP contribution < -0.4 is 5.32 Å². The van der Waals surface area contributed by atoms with E-state index in [1.54, 1.807) is 4.90 Å². The molecule has 1 amide bonds. The average molecular weight is 351 g/mol. The number of rotatable bonds is 5. The van der Waals surface area contributed by atoms with Crippen LogP contribution in [0.3, 0.4) is 0 Å². The Labute approximate surface area is 148 Å². The van der Waals surface area contributed by atoms with Crippen LogP contribution in [0.5, 0.6) is 0 Å². The second kappa shape index (κ2) is 7.79. The molecule has 6 heteroatoms. The number of nitrogens with zero attached hydrogens (tertiary/aromatic N) is 2. The van der Waals surface area contributed by atoms with Gasteiger partial charge in [0.15, 0.2) is 0 Å². The van der Waals surface area contributed by atoms with E-state index < -0.39 is 12.0 Å². The highest BCUT2D eigenvalue weighted by Crippen LogP contribution is 2.27. The zero-order chi connectivity index (χ0) is 17.9. The predicted molar refractivity (Wildman–Crippen MR) is 93.4 cm³/mol. The standard InChI is InChI=1S/C19H27F2N3O/c1-23(12-15-5-3-2-4-6-15)13-16-7-9-24(10-8-16)18(25)17-11-19(20,21)14-22-17/h2-6,16-17,22H,7-14H2,1H3. The fraction of sp³-hybridized carbons (Fsp3) is 0.632. The third-order valence-corrected chi connectivity index (χ3v) is 5.20. The van der Waals surface area contributed by atoms with Crippen molar-refractivity contribution in [1.82, 2.24) is 15.1 Å². The number of carbonyl (C=O) groups is 1. The molecule has 0 radical (unpaired) electrons. The minimum Gasteiger partial charge on any atom is -0.341 e. The summed E-state index contributed by atoms with van der Waals surface area (Å²) in [5.41, 5.74) is 1.30. The van der Waals surface area contributed by atoms with E-state index in [4.69, 9.17) is 0 Å². The first kappa shape index (κ1) is 18.3. The number of piperidine rings is 1. The Kier molecular flexibility index (Phi) is 5.69. The normalized spacial score (nSPS) is 24.0. The van der Waals surface area contributed by atoms with Crippen molar-refractivity contribution in [3.8, 4) is 0 Å². The molecule has 1 N–H and O–H groups in total. The van der Waals surface area contributed by atoms with Crippen LogP contribution in [0.15, 0.2) is 30.3 Å². The van der Waals surface area contributed by atoms with Gasteiger partial charge in [-0.25, -0.2) is 8.78 Å². The van der Waals surface area contributed by atoms with Gasteiger partial charge in [0, 0.05) is 32.6 Å². The van der Waals surface area contributed by atoms with Gasteiger partial charge in [-0.05, 0) is 31.4 Å². The summed E-state index contributed by atoms with van der Waals surface area (Å²) in [5, 5.41) is 2.67. The lowest BCUT2D eigenvalue weighted by molar-refractivity contribution is -0.135. The summed E-state index contributed by atoms with van der Waals surface area (Å²) >= 11 is 0. The minimum atomic E-state index is -2.75.